The van der Waals surface area contributed by atoms with E-state index in [0.717, 1.165) is 17.0 Å². The molecule has 1 aromatic heterocycles. The van der Waals surface area contributed by atoms with Crippen molar-refractivity contribution in [1.82, 2.24) is 13.8 Å². The number of sulfonamides is 1. The van der Waals surface area contributed by atoms with Gasteiger partial charge in [-0.3, -0.25) is 9.69 Å². The third kappa shape index (κ3) is 3.99. The van der Waals surface area contributed by atoms with Crippen molar-refractivity contribution in [3.05, 3.63) is 47.3 Å². The molecule has 1 saturated heterocycles. The number of rotatable bonds is 6. The zero-order valence-corrected chi connectivity index (χ0v) is 17.6. The maximum absolute atomic E-state index is 12.8. The highest BCUT2D eigenvalue weighted by molar-refractivity contribution is 7.89. The van der Waals surface area contributed by atoms with Gasteiger partial charge in [-0.2, -0.15) is 4.31 Å². The Balaban J connectivity index is 1.62. The average Bonchev–Trinajstić information content (AvgIpc) is 2.96. The Kier molecular flexibility index (Phi) is 5.92. The first-order valence-electron chi connectivity index (χ1n) is 9.26. The molecule has 152 valence electrons. The molecule has 8 heteroatoms. The number of aromatic nitrogens is 1. The van der Waals surface area contributed by atoms with Gasteiger partial charge in [0.05, 0.1) is 18.6 Å². The molecule has 2 heterocycles. The van der Waals surface area contributed by atoms with Gasteiger partial charge in [0, 0.05) is 50.2 Å². The lowest BCUT2D eigenvalue weighted by Gasteiger charge is -2.33. The summed E-state index contributed by atoms with van der Waals surface area (Å²) in [5.41, 5.74) is 2.76. The van der Waals surface area contributed by atoms with Gasteiger partial charge in [-0.05, 0) is 44.2 Å². The Labute approximate surface area is 166 Å². The van der Waals surface area contributed by atoms with Crippen molar-refractivity contribution < 1.29 is 17.9 Å². The summed E-state index contributed by atoms with van der Waals surface area (Å²) in [6, 6.07) is 8.33. The molecule has 0 spiro atoms. The molecular formula is C20H27N3O4S. The quantitative estimate of drug-likeness (QED) is 0.686. The largest absolute Gasteiger partial charge is 0.497 e. The molecule has 0 bridgehead atoms. The van der Waals surface area contributed by atoms with E-state index in [2.05, 4.69) is 0 Å². The highest BCUT2D eigenvalue weighted by Gasteiger charge is 2.29. The second-order valence-electron chi connectivity index (χ2n) is 7.12. The number of hydrogen-bond donors (Lipinski definition) is 0. The second kappa shape index (κ2) is 8.06. The molecule has 0 N–H and O–H groups in total. The van der Waals surface area contributed by atoms with Crippen molar-refractivity contribution in [3.63, 3.8) is 0 Å². The monoisotopic (exact) mass is 405 g/mol. The summed E-state index contributed by atoms with van der Waals surface area (Å²) in [6.45, 7) is 6.04. The lowest BCUT2D eigenvalue weighted by Crippen LogP contribution is -2.49. The normalized spacial score (nSPS) is 16.3. The van der Waals surface area contributed by atoms with Crippen LogP contribution in [0.4, 0.5) is 0 Å². The van der Waals surface area contributed by atoms with E-state index in [1.165, 1.54) is 4.31 Å². The van der Waals surface area contributed by atoms with Crippen LogP contribution in [0.1, 0.15) is 21.7 Å². The summed E-state index contributed by atoms with van der Waals surface area (Å²) in [5.74, 6) is 0.696. The minimum atomic E-state index is -3.54. The van der Waals surface area contributed by atoms with Crippen LogP contribution in [0.25, 0.3) is 0 Å². The highest BCUT2D eigenvalue weighted by Crippen LogP contribution is 2.21. The van der Waals surface area contributed by atoms with E-state index in [0.29, 0.717) is 38.5 Å². The number of nitrogens with zero attached hydrogens (tertiary/aromatic N) is 3. The van der Waals surface area contributed by atoms with Crippen molar-refractivity contribution in [3.8, 4) is 5.75 Å². The number of methoxy groups -OCH3 is 1. The van der Waals surface area contributed by atoms with Crippen LogP contribution in [0.5, 0.6) is 5.75 Å². The third-order valence-corrected chi connectivity index (χ3v) is 7.38. The summed E-state index contributed by atoms with van der Waals surface area (Å²) in [5, 5.41) is 0. The molecule has 1 aromatic carbocycles. The molecular weight excluding hydrogens is 378 g/mol. The molecule has 28 heavy (non-hydrogen) atoms. The molecule has 3 rings (SSSR count). The molecule has 0 saturated carbocycles. The number of benzene rings is 1. The molecule has 0 unspecified atom stereocenters. The Hall–Kier alpha value is -2.16. The minimum absolute atomic E-state index is 0.0765. The fourth-order valence-electron chi connectivity index (χ4n) is 3.45. The van der Waals surface area contributed by atoms with Crippen LogP contribution in [-0.4, -0.2) is 67.8 Å². The Bertz CT molecular complexity index is 956. The fraction of sp³-hybridized carbons (Fsp3) is 0.450. The zero-order chi connectivity index (χ0) is 20.5. The summed E-state index contributed by atoms with van der Waals surface area (Å²) in [7, 11) is -0.0446. The molecule has 1 aliphatic rings. The average molecular weight is 406 g/mol. The Morgan fingerprint density at radius 1 is 1.07 bits per heavy atom. The first-order valence-corrected chi connectivity index (χ1v) is 10.7. The summed E-state index contributed by atoms with van der Waals surface area (Å²) >= 11 is 0. The van der Waals surface area contributed by atoms with Gasteiger partial charge in [0.1, 0.15) is 5.75 Å². The number of carbonyl (C=O) groups excluding carboxylic acids is 1. The predicted molar refractivity (Wildman–Crippen MR) is 107 cm³/mol. The summed E-state index contributed by atoms with van der Waals surface area (Å²) < 4.78 is 34.2. The van der Waals surface area contributed by atoms with Crippen molar-refractivity contribution in [1.29, 1.82) is 0 Å². The molecule has 0 aliphatic carbocycles. The van der Waals surface area contributed by atoms with Crippen LogP contribution >= 0.6 is 0 Å². The Morgan fingerprint density at radius 3 is 2.18 bits per heavy atom. The number of aryl methyl sites for hydroxylation is 1. The van der Waals surface area contributed by atoms with E-state index in [4.69, 9.17) is 4.74 Å². The first kappa shape index (κ1) is 20.6. The number of piperazine rings is 1. The van der Waals surface area contributed by atoms with Gasteiger partial charge in [0.2, 0.25) is 10.0 Å². The van der Waals surface area contributed by atoms with Crippen LogP contribution in [-0.2, 0) is 17.1 Å². The predicted octanol–water partition coefficient (Wildman–Crippen LogP) is 1.84. The van der Waals surface area contributed by atoms with E-state index < -0.39 is 10.0 Å². The molecule has 1 fully saturated rings. The van der Waals surface area contributed by atoms with Crippen molar-refractivity contribution in [2.45, 2.75) is 18.7 Å². The van der Waals surface area contributed by atoms with E-state index in [9.17, 15) is 13.2 Å². The van der Waals surface area contributed by atoms with Crippen LogP contribution in [0.2, 0.25) is 0 Å². The second-order valence-corrected chi connectivity index (χ2v) is 9.06. The number of carbonyl (C=O) groups is 1. The molecule has 2 aromatic rings. The molecule has 7 nitrogen and oxygen atoms in total. The standard InChI is InChI=1S/C20H27N3O4S/c1-15-13-19(16(2)21(15)3)20(24)14-22-9-11-23(12-10-22)28(25,26)18-7-5-17(27-4)6-8-18/h5-8,13H,9-12,14H2,1-4H3. The maximum atomic E-state index is 12.8. The van der Waals surface area contributed by atoms with E-state index >= 15 is 0 Å². The van der Waals surface area contributed by atoms with Crippen LogP contribution in [0.15, 0.2) is 35.2 Å². The highest BCUT2D eigenvalue weighted by atomic mass is 32.2. The van der Waals surface area contributed by atoms with Crippen molar-refractivity contribution >= 4 is 15.8 Å². The fourth-order valence-corrected chi connectivity index (χ4v) is 4.87. The number of ketones is 1. The SMILES string of the molecule is COc1ccc(S(=O)(=O)N2CCN(CC(=O)c3cc(C)n(C)c3C)CC2)cc1. The van der Waals surface area contributed by atoms with Gasteiger partial charge in [-0.25, -0.2) is 8.42 Å². The van der Waals surface area contributed by atoms with E-state index in [-0.39, 0.29) is 10.7 Å². The minimum Gasteiger partial charge on any atom is -0.497 e. The van der Waals surface area contributed by atoms with Crippen LogP contribution < -0.4 is 4.74 Å². The number of hydrogen-bond acceptors (Lipinski definition) is 5. The lowest BCUT2D eigenvalue weighted by atomic mass is 10.1. The lowest BCUT2D eigenvalue weighted by molar-refractivity contribution is 0.0901. The zero-order valence-electron chi connectivity index (χ0n) is 16.8. The molecule has 0 radical (unpaired) electrons. The Morgan fingerprint density at radius 2 is 1.68 bits per heavy atom. The van der Waals surface area contributed by atoms with Crippen LogP contribution in [0, 0.1) is 13.8 Å². The van der Waals surface area contributed by atoms with Crippen molar-refractivity contribution in [2.24, 2.45) is 7.05 Å². The van der Waals surface area contributed by atoms with Gasteiger partial charge in [0.25, 0.3) is 0 Å². The van der Waals surface area contributed by atoms with Gasteiger partial charge in [0.15, 0.2) is 5.78 Å². The molecule has 0 atom stereocenters. The summed E-state index contributed by atoms with van der Waals surface area (Å²) in [6.07, 6.45) is 0. The van der Waals surface area contributed by atoms with E-state index in [1.807, 2.05) is 36.4 Å². The van der Waals surface area contributed by atoms with Crippen molar-refractivity contribution in [2.75, 3.05) is 39.8 Å². The van der Waals surface area contributed by atoms with Gasteiger partial charge < -0.3 is 9.30 Å². The van der Waals surface area contributed by atoms with Gasteiger partial charge >= 0.3 is 0 Å². The number of Topliss-reactive ketones (excluding diaryl/α,β-unsaturated/α-hetero) is 1. The topological polar surface area (TPSA) is 71.9 Å². The summed E-state index contributed by atoms with van der Waals surface area (Å²) in [4.78, 5) is 14.9. The van der Waals surface area contributed by atoms with Crippen LogP contribution in [0.3, 0.4) is 0 Å². The maximum Gasteiger partial charge on any atom is 0.243 e. The molecule has 1 aliphatic heterocycles. The van der Waals surface area contributed by atoms with E-state index in [1.54, 1.807) is 31.4 Å². The van der Waals surface area contributed by atoms with Gasteiger partial charge in [-0.15, -0.1) is 0 Å². The third-order valence-electron chi connectivity index (χ3n) is 5.47. The molecule has 0 amide bonds. The van der Waals surface area contributed by atoms with Gasteiger partial charge in [-0.1, -0.05) is 0 Å². The smallest absolute Gasteiger partial charge is 0.243 e. The number of ether oxygens (including phenoxy) is 1. The first-order chi connectivity index (χ1) is 13.2.